The normalized spacial score (nSPS) is 8.92. The van der Waals surface area contributed by atoms with Crippen LogP contribution in [-0.4, -0.2) is 6.26 Å². The summed E-state index contributed by atoms with van der Waals surface area (Å²) in [5.74, 6) is 5.27. The minimum absolute atomic E-state index is 0. The van der Waals surface area contributed by atoms with Crippen LogP contribution in [-0.2, 0) is 0 Å². The summed E-state index contributed by atoms with van der Waals surface area (Å²) in [6.45, 7) is 0. The SMILES string of the molecule is CSc1cc(Cl)ccc1NN.Cl. The number of anilines is 1. The molecule has 0 aromatic heterocycles. The van der Waals surface area contributed by atoms with Gasteiger partial charge in [-0.25, -0.2) is 0 Å². The lowest BCUT2D eigenvalue weighted by Gasteiger charge is -2.05. The molecular weight excluding hydrogens is 215 g/mol. The highest BCUT2D eigenvalue weighted by Gasteiger charge is 1.98. The summed E-state index contributed by atoms with van der Waals surface area (Å²) >= 11 is 7.38. The number of hydrazine groups is 1. The summed E-state index contributed by atoms with van der Waals surface area (Å²) < 4.78 is 0. The van der Waals surface area contributed by atoms with Crippen LogP contribution in [0.1, 0.15) is 0 Å². The van der Waals surface area contributed by atoms with Crippen molar-refractivity contribution in [3.05, 3.63) is 23.2 Å². The first kappa shape index (κ1) is 11.9. The number of nitrogen functional groups attached to an aromatic ring is 1. The molecule has 12 heavy (non-hydrogen) atoms. The van der Waals surface area contributed by atoms with Gasteiger partial charge in [0.15, 0.2) is 0 Å². The van der Waals surface area contributed by atoms with Crippen LogP contribution in [0.15, 0.2) is 23.1 Å². The fourth-order valence-corrected chi connectivity index (χ4v) is 1.61. The molecule has 0 spiro atoms. The predicted octanol–water partition coefficient (Wildman–Crippen LogP) is 2.77. The van der Waals surface area contributed by atoms with Gasteiger partial charge in [0.2, 0.25) is 0 Å². The van der Waals surface area contributed by atoms with E-state index in [0.29, 0.717) is 0 Å². The van der Waals surface area contributed by atoms with Crippen LogP contribution in [0.3, 0.4) is 0 Å². The monoisotopic (exact) mass is 224 g/mol. The maximum atomic E-state index is 5.77. The molecule has 0 amide bonds. The Bertz CT molecular complexity index is 255. The molecule has 0 radical (unpaired) electrons. The van der Waals surface area contributed by atoms with Gasteiger partial charge in [-0.3, -0.25) is 5.84 Å². The Balaban J connectivity index is 0.00000121. The highest BCUT2D eigenvalue weighted by molar-refractivity contribution is 7.98. The molecule has 2 nitrogen and oxygen atoms in total. The summed E-state index contributed by atoms with van der Waals surface area (Å²) in [5.41, 5.74) is 3.50. The molecule has 0 saturated heterocycles. The van der Waals surface area contributed by atoms with Crippen molar-refractivity contribution in [2.75, 3.05) is 11.7 Å². The molecule has 0 aliphatic rings. The van der Waals surface area contributed by atoms with Crippen LogP contribution < -0.4 is 11.3 Å². The van der Waals surface area contributed by atoms with Crippen LogP contribution >= 0.6 is 35.8 Å². The summed E-state index contributed by atoms with van der Waals surface area (Å²) in [5, 5.41) is 0.730. The highest BCUT2D eigenvalue weighted by Crippen LogP contribution is 2.27. The summed E-state index contributed by atoms with van der Waals surface area (Å²) in [4.78, 5) is 1.06. The van der Waals surface area contributed by atoms with Gasteiger partial charge < -0.3 is 5.43 Å². The lowest BCUT2D eigenvalue weighted by Crippen LogP contribution is -2.07. The number of benzene rings is 1. The molecule has 0 aliphatic heterocycles. The third-order valence-electron chi connectivity index (χ3n) is 1.32. The lowest BCUT2D eigenvalue weighted by molar-refractivity contribution is 1.29. The van der Waals surface area contributed by atoms with E-state index in [1.165, 1.54) is 0 Å². The number of hydrogen-bond acceptors (Lipinski definition) is 3. The molecule has 0 aliphatic carbocycles. The third kappa shape index (κ3) is 2.75. The standard InChI is InChI=1S/C7H9ClN2S.ClH/c1-11-7-4-5(8)2-3-6(7)10-9;/h2-4,10H,9H2,1H3;1H. The van der Waals surface area contributed by atoms with Crippen molar-refractivity contribution in [1.82, 2.24) is 0 Å². The molecule has 1 rings (SSSR count). The average molecular weight is 225 g/mol. The second kappa shape index (κ2) is 5.54. The number of nitrogens with one attached hydrogen (secondary N) is 1. The third-order valence-corrected chi connectivity index (χ3v) is 2.33. The Morgan fingerprint density at radius 2 is 2.17 bits per heavy atom. The molecular formula is C7H10Cl2N2S. The first-order valence-corrected chi connectivity index (χ1v) is 4.68. The van der Waals surface area contributed by atoms with Gasteiger partial charge in [0, 0.05) is 9.92 Å². The Morgan fingerprint density at radius 3 is 2.67 bits per heavy atom. The maximum absolute atomic E-state index is 5.77. The van der Waals surface area contributed by atoms with Crippen LogP contribution in [0.5, 0.6) is 0 Å². The van der Waals surface area contributed by atoms with Gasteiger partial charge in [-0.1, -0.05) is 11.6 Å². The smallest absolute Gasteiger partial charge is 0.0621 e. The highest BCUT2D eigenvalue weighted by atomic mass is 35.5. The van der Waals surface area contributed by atoms with Gasteiger partial charge in [0.1, 0.15) is 0 Å². The molecule has 0 fully saturated rings. The summed E-state index contributed by atoms with van der Waals surface area (Å²) in [6, 6.07) is 5.53. The van der Waals surface area contributed by atoms with Gasteiger partial charge in [-0.2, -0.15) is 0 Å². The molecule has 1 aromatic rings. The number of rotatable bonds is 2. The molecule has 1 aromatic carbocycles. The first-order chi connectivity index (χ1) is 5.27. The Kier molecular flexibility index (Phi) is 5.50. The van der Waals surface area contributed by atoms with E-state index >= 15 is 0 Å². The van der Waals surface area contributed by atoms with Crippen LogP contribution in [0.2, 0.25) is 5.02 Å². The summed E-state index contributed by atoms with van der Waals surface area (Å²) in [6.07, 6.45) is 1.98. The second-order valence-electron chi connectivity index (χ2n) is 1.99. The fourth-order valence-electron chi connectivity index (χ4n) is 0.784. The topological polar surface area (TPSA) is 38.0 Å². The Hall–Kier alpha value is -0.0900. The van der Waals surface area contributed by atoms with E-state index in [4.69, 9.17) is 17.4 Å². The number of halogens is 2. The second-order valence-corrected chi connectivity index (χ2v) is 3.27. The van der Waals surface area contributed by atoms with Gasteiger partial charge in [-0.05, 0) is 24.5 Å². The zero-order chi connectivity index (χ0) is 8.27. The van der Waals surface area contributed by atoms with Gasteiger partial charge in [0.25, 0.3) is 0 Å². The molecule has 0 bridgehead atoms. The minimum atomic E-state index is 0. The molecule has 68 valence electrons. The number of nitrogens with two attached hydrogens (primary N) is 1. The van der Waals surface area contributed by atoms with Gasteiger partial charge in [-0.15, -0.1) is 24.2 Å². The zero-order valence-corrected chi connectivity index (χ0v) is 8.89. The lowest BCUT2D eigenvalue weighted by atomic mass is 10.3. The van der Waals surface area contributed by atoms with Crippen LogP contribution in [0.25, 0.3) is 0 Å². The van der Waals surface area contributed by atoms with Crippen molar-refractivity contribution in [1.29, 1.82) is 0 Å². The van der Waals surface area contributed by atoms with Crippen molar-refractivity contribution in [2.45, 2.75) is 4.90 Å². The molecule has 0 atom stereocenters. The van der Waals surface area contributed by atoms with Crippen molar-refractivity contribution in [2.24, 2.45) is 5.84 Å². The van der Waals surface area contributed by atoms with Gasteiger partial charge in [0.05, 0.1) is 5.69 Å². The Labute approximate surface area is 87.2 Å². The fraction of sp³-hybridized carbons (Fsp3) is 0.143. The van der Waals surface area contributed by atoms with E-state index in [-0.39, 0.29) is 12.4 Å². The van der Waals surface area contributed by atoms with E-state index in [1.807, 2.05) is 18.4 Å². The minimum Gasteiger partial charge on any atom is -0.323 e. The predicted molar refractivity (Wildman–Crippen MR) is 58.3 cm³/mol. The van der Waals surface area contributed by atoms with Crippen molar-refractivity contribution in [3.8, 4) is 0 Å². The first-order valence-electron chi connectivity index (χ1n) is 3.08. The van der Waals surface area contributed by atoms with Crippen molar-refractivity contribution >= 4 is 41.5 Å². The zero-order valence-electron chi connectivity index (χ0n) is 6.50. The van der Waals surface area contributed by atoms with Crippen LogP contribution in [0.4, 0.5) is 5.69 Å². The van der Waals surface area contributed by atoms with E-state index < -0.39 is 0 Å². The van der Waals surface area contributed by atoms with E-state index in [0.717, 1.165) is 15.6 Å². The number of hydrogen-bond donors (Lipinski definition) is 2. The van der Waals surface area contributed by atoms with Crippen LogP contribution in [0, 0.1) is 0 Å². The summed E-state index contributed by atoms with van der Waals surface area (Å²) in [7, 11) is 0. The molecule has 0 saturated carbocycles. The van der Waals surface area contributed by atoms with E-state index in [2.05, 4.69) is 5.43 Å². The molecule has 0 unspecified atom stereocenters. The molecule has 5 heteroatoms. The quantitative estimate of drug-likeness (QED) is 0.461. The van der Waals surface area contributed by atoms with Crippen molar-refractivity contribution < 1.29 is 0 Å². The Morgan fingerprint density at radius 1 is 1.50 bits per heavy atom. The maximum Gasteiger partial charge on any atom is 0.0621 e. The van der Waals surface area contributed by atoms with E-state index in [1.54, 1.807) is 17.8 Å². The van der Waals surface area contributed by atoms with E-state index in [9.17, 15) is 0 Å². The van der Waals surface area contributed by atoms with Crippen molar-refractivity contribution in [3.63, 3.8) is 0 Å². The largest absolute Gasteiger partial charge is 0.323 e. The molecule has 3 N–H and O–H groups in total. The number of thioether (sulfide) groups is 1. The average Bonchev–Trinajstić information content (AvgIpc) is 2.04. The van der Waals surface area contributed by atoms with Gasteiger partial charge >= 0.3 is 0 Å². The molecule has 0 heterocycles.